The monoisotopic (exact) mass is 273 g/mol. The van der Waals surface area contributed by atoms with Gasteiger partial charge in [-0.3, -0.25) is 4.79 Å². The molecule has 1 aromatic carbocycles. The van der Waals surface area contributed by atoms with Crippen LogP contribution >= 0.6 is 0 Å². The third-order valence-electron chi connectivity index (χ3n) is 3.20. The van der Waals surface area contributed by atoms with E-state index >= 15 is 0 Å². The number of aryl methyl sites for hydroxylation is 1. The van der Waals surface area contributed by atoms with Crippen LogP contribution in [0.2, 0.25) is 0 Å². The fourth-order valence-corrected chi connectivity index (χ4v) is 2.14. The number of piperidine rings is 1. The summed E-state index contributed by atoms with van der Waals surface area (Å²) in [5, 5.41) is 9.31. The minimum atomic E-state index is -2.92. The van der Waals surface area contributed by atoms with Crippen LogP contribution in [0, 0.1) is 12.7 Å². The number of amides is 1. The highest BCUT2D eigenvalue weighted by Crippen LogP contribution is 2.28. The van der Waals surface area contributed by atoms with Crippen LogP contribution in [-0.2, 0) is 0 Å². The number of rotatable bonds is 1. The molecule has 1 aromatic rings. The van der Waals surface area contributed by atoms with Crippen LogP contribution in [0.25, 0.3) is 0 Å². The molecule has 1 N–H and O–H groups in total. The van der Waals surface area contributed by atoms with Gasteiger partial charge in [-0.1, -0.05) is 0 Å². The number of hydrogen-bond acceptors (Lipinski definition) is 2. The molecule has 0 aliphatic carbocycles. The van der Waals surface area contributed by atoms with Gasteiger partial charge in [0.2, 0.25) is 0 Å². The number of benzene rings is 1. The largest absolute Gasteiger partial charge is 0.508 e. The zero-order chi connectivity index (χ0) is 14.2. The summed E-state index contributed by atoms with van der Waals surface area (Å²) in [6.45, 7) is 1.01. The van der Waals surface area contributed by atoms with E-state index in [0.29, 0.717) is 5.56 Å². The molecule has 0 saturated carbocycles. The van der Waals surface area contributed by atoms with Crippen LogP contribution in [0.4, 0.5) is 13.2 Å². The van der Waals surface area contributed by atoms with Gasteiger partial charge in [-0.05, 0) is 25.0 Å². The lowest BCUT2D eigenvalue weighted by atomic mass is 10.0. The highest BCUT2D eigenvalue weighted by Gasteiger charge is 2.37. The van der Waals surface area contributed by atoms with Crippen molar-refractivity contribution in [1.82, 2.24) is 4.90 Å². The molecule has 1 heterocycles. The first-order valence-electron chi connectivity index (χ1n) is 5.96. The molecule has 0 aromatic heterocycles. The van der Waals surface area contributed by atoms with Crippen molar-refractivity contribution in [2.75, 3.05) is 13.1 Å². The third kappa shape index (κ3) is 2.83. The Morgan fingerprint density at radius 2 is 2.11 bits per heavy atom. The van der Waals surface area contributed by atoms with E-state index in [-0.39, 0.29) is 30.7 Å². The lowest BCUT2D eigenvalue weighted by Gasteiger charge is -2.32. The highest BCUT2D eigenvalue weighted by atomic mass is 19.3. The second-order valence-electron chi connectivity index (χ2n) is 4.80. The molecular formula is C13H14F3NO2. The summed E-state index contributed by atoms with van der Waals surface area (Å²) < 4.78 is 40.1. The standard InChI is InChI=1S/C13H14F3NO2/c1-8-5-9(10(14)6-11(8)18)12(19)17-4-2-3-13(15,16)7-17/h5-6,18H,2-4,7H2,1H3. The van der Waals surface area contributed by atoms with E-state index in [2.05, 4.69) is 0 Å². The average Bonchev–Trinajstić information content (AvgIpc) is 2.31. The van der Waals surface area contributed by atoms with Crippen molar-refractivity contribution in [3.63, 3.8) is 0 Å². The normalized spacial score (nSPS) is 18.4. The Morgan fingerprint density at radius 3 is 2.74 bits per heavy atom. The van der Waals surface area contributed by atoms with E-state index in [1.54, 1.807) is 0 Å². The SMILES string of the molecule is Cc1cc(C(=O)N2CCCC(F)(F)C2)c(F)cc1O. The Hall–Kier alpha value is -1.72. The van der Waals surface area contributed by atoms with Crippen molar-refractivity contribution in [2.24, 2.45) is 0 Å². The second-order valence-corrected chi connectivity index (χ2v) is 4.80. The molecule has 0 spiro atoms. The van der Waals surface area contributed by atoms with Gasteiger partial charge >= 0.3 is 0 Å². The van der Waals surface area contributed by atoms with Crippen LogP contribution in [0.3, 0.4) is 0 Å². The number of phenolic OH excluding ortho intramolecular Hbond substituents is 1. The number of hydrogen-bond donors (Lipinski definition) is 1. The summed E-state index contributed by atoms with van der Waals surface area (Å²) in [5.41, 5.74) is 0.0431. The topological polar surface area (TPSA) is 40.5 Å². The van der Waals surface area contributed by atoms with Crippen molar-refractivity contribution in [2.45, 2.75) is 25.7 Å². The highest BCUT2D eigenvalue weighted by molar-refractivity contribution is 5.95. The molecule has 1 fully saturated rings. The van der Waals surface area contributed by atoms with Crippen molar-refractivity contribution in [1.29, 1.82) is 0 Å². The average molecular weight is 273 g/mol. The molecule has 0 atom stereocenters. The number of phenols is 1. The molecule has 104 valence electrons. The Bertz CT molecular complexity index is 517. The van der Waals surface area contributed by atoms with Crippen molar-refractivity contribution in [3.05, 3.63) is 29.1 Å². The predicted molar refractivity (Wildman–Crippen MR) is 62.9 cm³/mol. The molecule has 6 heteroatoms. The summed E-state index contributed by atoms with van der Waals surface area (Å²) in [6.07, 6.45) is -0.0642. The fraction of sp³-hybridized carbons (Fsp3) is 0.462. The minimum absolute atomic E-state index is 0.188. The summed E-state index contributed by atoms with van der Waals surface area (Å²) in [6, 6.07) is 2.00. The molecule has 0 bridgehead atoms. The van der Waals surface area contributed by atoms with E-state index in [1.165, 1.54) is 13.0 Å². The third-order valence-corrected chi connectivity index (χ3v) is 3.20. The Labute approximate surface area is 108 Å². The smallest absolute Gasteiger partial charge is 0.265 e. The zero-order valence-electron chi connectivity index (χ0n) is 10.4. The quantitative estimate of drug-likeness (QED) is 0.854. The van der Waals surface area contributed by atoms with Gasteiger partial charge in [0.05, 0.1) is 12.1 Å². The molecule has 3 nitrogen and oxygen atoms in total. The van der Waals surface area contributed by atoms with Gasteiger partial charge in [0.25, 0.3) is 11.8 Å². The first-order chi connectivity index (χ1) is 8.80. The number of carbonyl (C=O) groups excluding carboxylic acids is 1. The molecule has 1 saturated heterocycles. The van der Waals surface area contributed by atoms with E-state index in [9.17, 15) is 23.1 Å². The van der Waals surface area contributed by atoms with Gasteiger partial charge in [-0.15, -0.1) is 0 Å². The predicted octanol–water partition coefficient (Wildman–Crippen LogP) is 2.71. The summed E-state index contributed by atoms with van der Waals surface area (Å²) in [5.74, 6) is -4.85. The van der Waals surface area contributed by atoms with Crippen molar-refractivity contribution in [3.8, 4) is 5.75 Å². The molecule has 1 amide bonds. The zero-order valence-corrected chi connectivity index (χ0v) is 10.4. The number of aromatic hydroxyl groups is 1. The lowest BCUT2D eigenvalue weighted by molar-refractivity contribution is -0.0561. The summed E-state index contributed by atoms with van der Waals surface area (Å²) in [4.78, 5) is 13.0. The van der Waals surface area contributed by atoms with Gasteiger partial charge < -0.3 is 10.0 Å². The Kier molecular flexibility index (Phi) is 3.43. The van der Waals surface area contributed by atoms with E-state index in [4.69, 9.17) is 0 Å². The summed E-state index contributed by atoms with van der Waals surface area (Å²) in [7, 11) is 0. The van der Waals surface area contributed by atoms with Gasteiger partial charge in [0.1, 0.15) is 11.6 Å². The molecule has 0 radical (unpaired) electrons. The maximum Gasteiger partial charge on any atom is 0.265 e. The number of nitrogens with zero attached hydrogens (tertiary/aromatic N) is 1. The first kappa shape index (κ1) is 13.7. The lowest BCUT2D eigenvalue weighted by Crippen LogP contribution is -2.45. The Morgan fingerprint density at radius 1 is 1.42 bits per heavy atom. The van der Waals surface area contributed by atoms with Gasteiger partial charge in [0, 0.05) is 19.0 Å². The van der Waals surface area contributed by atoms with Crippen LogP contribution in [0.1, 0.15) is 28.8 Å². The maximum absolute atomic E-state index is 13.6. The summed E-state index contributed by atoms with van der Waals surface area (Å²) >= 11 is 0. The van der Waals surface area contributed by atoms with Crippen LogP contribution < -0.4 is 0 Å². The number of carbonyl (C=O) groups is 1. The van der Waals surface area contributed by atoms with Crippen molar-refractivity contribution >= 4 is 5.91 Å². The second kappa shape index (κ2) is 4.75. The molecular weight excluding hydrogens is 259 g/mol. The van der Waals surface area contributed by atoms with Gasteiger partial charge in [-0.2, -0.15) is 0 Å². The first-order valence-corrected chi connectivity index (χ1v) is 5.96. The van der Waals surface area contributed by atoms with Gasteiger partial charge in [-0.25, -0.2) is 13.2 Å². The number of alkyl halides is 2. The van der Waals surface area contributed by atoms with E-state index in [1.807, 2.05) is 0 Å². The molecule has 1 aliphatic heterocycles. The van der Waals surface area contributed by atoms with Gasteiger partial charge in [0.15, 0.2) is 0 Å². The maximum atomic E-state index is 13.6. The Balaban J connectivity index is 2.27. The van der Waals surface area contributed by atoms with Crippen LogP contribution in [0.5, 0.6) is 5.75 Å². The number of likely N-dealkylation sites (tertiary alicyclic amines) is 1. The fourth-order valence-electron chi connectivity index (χ4n) is 2.14. The molecule has 19 heavy (non-hydrogen) atoms. The molecule has 0 unspecified atom stereocenters. The van der Waals surface area contributed by atoms with E-state index < -0.39 is 24.2 Å². The van der Waals surface area contributed by atoms with E-state index in [0.717, 1.165) is 11.0 Å². The minimum Gasteiger partial charge on any atom is -0.508 e. The molecule has 2 rings (SSSR count). The van der Waals surface area contributed by atoms with Crippen molar-refractivity contribution < 1.29 is 23.1 Å². The molecule has 1 aliphatic rings. The number of halogens is 3. The van der Waals surface area contributed by atoms with Crippen LogP contribution in [-0.4, -0.2) is 34.9 Å². The van der Waals surface area contributed by atoms with Crippen LogP contribution in [0.15, 0.2) is 12.1 Å².